The number of rotatable bonds is 7. The molecule has 1 saturated carbocycles. The maximum absolute atomic E-state index is 12.8. The summed E-state index contributed by atoms with van der Waals surface area (Å²) >= 11 is 0. The zero-order chi connectivity index (χ0) is 22.1. The van der Waals surface area contributed by atoms with Crippen molar-refractivity contribution in [2.45, 2.75) is 44.2 Å². The number of nitrogens with one attached hydrogen (secondary N) is 1. The van der Waals surface area contributed by atoms with Gasteiger partial charge >= 0.3 is 0 Å². The van der Waals surface area contributed by atoms with Gasteiger partial charge in [0, 0.05) is 57.3 Å². The number of amides is 2. The maximum atomic E-state index is 12.8. The van der Waals surface area contributed by atoms with Gasteiger partial charge in [-0.15, -0.1) is 0 Å². The van der Waals surface area contributed by atoms with Crippen LogP contribution in [0.3, 0.4) is 0 Å². The fourth-order valence-electron chi connectivity index (χ4n) is 5.08. The minimum Gasteiger partial charge on any atom is -0.378 e. The van der Waals surface area contributed by atoms with E-state index in [1.807, 2.05) is 34.7 Å². The van der Waals surface area contributed by atoms with Gasteiger partial charge in [-0.2, -0.15) is 0 Å². The molecule has 0 radical (unpaired) electrons. The van der Waals surface area contributed by atoms with Crippen LogP contribution in [0.4, 0.5) is 0 Å². The zero-order valence-corrected chi connectivity index (χ0v) is 18.8. The van der Waals surface area contributed by atoms with Crippen molar-refractivity contribution in [3.05, 3.63) is 30.1 Å². The molecule has 3 fully saturated rings. The number of fused-ring (bicyclic) bond motifs is 1. The number of aryl methyl sites for hydroxylation is 1. The Bertz CT molecular complexity index is 979. The molecule has 2 amide bonds. The molecule has 1 aromatic heterocycles. The number of aromatic nitrogens is 2. The highest BCUT2D eigenvalue weighted by molar-refractivity contribution is 5.97. The third-order valence-corrected chi connectivity index (χ3v) is 7.20. The predicted molar refractivity (Wildman–Crippen MR) is 121 cm³/mol. The Hall–Kier alpha value is -2.45. The monoisotopic (exact) mass is 439 g/mol. The Labute approximate surface area is 188 Å². The van der Waals surface area contributed by atoms with Crippen molar-refractivity contribution in [3.8, 4) is 0 Å². The molecule has 2 saturated heterocycles. The molecule has 1 aliphatic carbocycles. The summed E-state index contributed by atoms with van der Waals surface area (Å²) in [6.45, 7) is 4.35. The van der Waals surface area contributed by atoms with Crippen molar-refractivity contribution in [2.75, 3.05) is 39.4 Å². The van der Waals surface area contributed by atoms with Crippen LogP contribution in [0.2, 0.25) is 0 Å². The SMILES string of the molecule is Cn1cnc2cc(C(=O)NC[C@@H]3CC[C@H](CC(=O)N4CCOCC4)N3CC3CC3)ccc21. The molecule has 3 aliphatic rings. The number of morpholine rings is 1. The highest BCUT2D eigenvalue weighted by atomic mass is 16.5. The molecular weight excluding hydrogens is 406 g/mol. The highest BCUT2D eigenvalue weighted by Gasteiger charge is 2.38. The van der Waals surface area contributed by atoms with E-state index in [-0.39, 0.29) is 17.9 Å². The summed E-state index contributed by atoms with van der Waals surface area (Å²) in [5, 5.41) is 3.15. The predicted octanol–water partition coefficient (Wildman–Crippen LogP) is 1.79. The Balaban J connectivity index is 1.20. The number of carbonyl (C=O) groups excluding carboxylic acids is 2. The Morgan fingerprint density at radius 1 is 1.12 bits per heavy atom. The van der Waals surface area contributed by atoms with Crippen LogP contribution in [0, 0.1) is 5.92 Å². The number of imidazole rings is 1. The van der Waals surface area contributed by atoms with Gasteiger partial charge in [0.15, 0.2) is 0 Å². The lowest BCUT2D eigenvalue weighted by atomic mass is 10.1. The van der Waals surface area contributed by atoms with Crippen LogP contribution < -0.4 is 5.32 Å². The van der Waals surface area contributed by atoms with Crippen LogP contribution in [0.25, 0.3) is 11.0 Å². The Kier molecular flexibility index (Phi) is 6.15. The summed E-state index contributed by atoms with van der Waals surface area (Å²) < 4.78 is 7.33. The van der Waals surface area contributed by atoms with Crippen LogP contribution in [0.1, 0.15) is 42.5 Å². The lowest BCUT2D eigenvalue weighted by Crippen LogP contribution is -2.47. The van der Waals surface area contributed by atoms with E-state index in [0.717, 1.165) is 36.3 Å². The van der Waals surface area contributed by atoms with Crippen molar-refractivity contribution in [2.24, 2.45) is 13.0 Å². The third kappa shape index (κ3) is 4.66. The van der Waals surface area contributed by atoms with E-state index in [4.69, 9.17) is 4.74 Å². The van der Waals surface area contributed by atoms with Crippen molar-refractivity contribution >= 4 is 22.8 Å². The molecule has 0 unspecified atom stereocenters. The number of hydrogen-bond donors (Lipinski definition) is 1. The molecule has 2 aromatic rings. The van der Waals surface area contributed by atoms with E-state index in [1.165, 1.54) is 12.8 Å². The van der Waals surface area contributed by atoms with Gasteiger partial charge in [0.05, 0.1) is 30.6 Å². The van der Waals surface area contributed by atoms with E-state index in [0.29, 0.717) is 50.9 Å². The van der Waals surface area contributed by atoms with Crippen LogP contribution >= 0.6 is 0 Å². The molecule has 5 rings (SSSR count). The van der Waals surface area contributed by atoms with Crippen molar-refractivity contribution < 1.29 is 14.3 Å². The summed E-state index contributed by atoms with van der Waals surface area (Å²) in [6, 6.07) is 6.22. The van der Waals surface area contributed by atoms with Crippen LogP contribution in [0.5, 0.6) is 0 Å². The van der Waals surface area contributed by atoms with Crippen molar-refractivity contribution in [1.29, 1.82) is 0 Å². The smallest absolute Gasteiger partial charge is 0.251 e. The molecule has 0 spiro atoms. The average Bonchev–Trinajstić information content (AvgIpc) is 3.46. The lowest BCUT2D eigenvalue weighted by molar-refractivity contribution is -0.136. The number of carbonyl (C=O) groups is 2. The number of likely N-dealkylation sites (tertiary alicyclic amines) is 1. The molecule has 32 heavy (non-hydrogen) atoms. The molecule has 3 heterocycles. The highest BCUT2D eigenvalue weighted by Crippen LogP contribution is 2.35. The van der Waals surface area contributed by atoms with Gasteiger partial charge < -0.3 is 19.5 Å². The van der Waals surface area contributed by atoms with Gasteiger partial charge in [-0.25, -0.2) is 4.98 Å². The fraction of sp³-hybridized carbons (Fsp3) is 0.625. The quantitative estimate of drug-likeness (QED) is 0.712. The topological polar surface area (TPSA) is 79.7 Å². The van der Waals surface area contributed by atoms with E-state index >= 15 is 0 Å². The standard InChI is InChI=1S/C24H33N5O3/c1-27-16-26-21-12-18(4-7-22(21)27)24(31)25-14-20-6-5-19(29(20)15-17-2-3-17)13-23(30)28-8-10-32-11-9-28/h4,7,12,16-17,19-20H,2-3,5-6,8-11,13-15H2,1H3,(H,25,31)/t19-,20+/m1/s1. The second kappa shape index (κ2) is 9.19. The van der Waals surface area contributed by atoms with Crippen molar-refractivity contribution in [3.63, 3.8) is 0 Å². The molecule has 8 nitrogen and oxygen atoms in total. The minimum absolute atomic E-state index is 0.0585. The van der Waals surface area contributed by atoms with Gasteiger partial charge in [-0.3, -0.25) is 14.5 Å². The summed E-state index contributed by atoms with van der Waals surface area (Å²) in [5.41, 5.74) is 2.49. The second-order valence-corrected chi connectivity index (χ2v) is 9.49. The van der Waals surface area contributed by atoms with Crippen LogP contribution in [-0.2, 0) is 16.6 Å². The largest absolute Gasteiger partial charge is 0.378 e. The van der Waals surface area contributed by atoms with Crippen LogP contribution in [0.15, 0.2) is 24.5 Å². The first-order chi connectivity index (χ1) is 15.6. The van der Waals surface area contributed by atoms with Gasteiger partial charge in [-0.1, -0.05) is 0 Å². The minimum atomic E-state index is -0.0585. The lowest BCUT2D eigenvalue weighted by Gasteiger charge is -2.33. The second-order valence-electron chi connectivity index (χ2n) is 9.49. The summed E-state index contributed by atoms with van der Waals surface area (Å²) in [6.07, 6.45) is 6.94. The maximum Gasteiger partial charge on any atom is 0.251 e. The molecule has 0 bridgehead atoms. The molecule has 8 heteroatoms. The summed E-state index contributed by atoms with van der Waals surface area (Å²) in [4.78, 5) is 34.5. The van der Waals surface area contributed by atoms with Gasteiger partial charge in [0.1, 0.15) is 0 Å². The normalized spacial score (nSPS) is 24.2. The number of benzene rings is 1. The summed E-state index contributed by atoms with van der Waals surface area (Å²) in [7, 11) is 1.95. The van der Waals surface area contributed by atoms with Crippen LogP contribution in [-0.4, -0.2) is 82.6 Å². The van der Waals surface area contributed by atoms with Gasteiger partial charge in [0.2, 0.25) is 5.91 Å². The first kappa shape index (κ1) is 21.4. The first-order valence-electron chi connectivity index (χ1n) is 11.9. The third-order valence-electron chi connectivity index (χ3n) is 7.20. The molecule has 1 aromatic carbocycles. The van der Waals surface area contributed by atoms with E-state index in [2.05, 4.69) is 15.2 Å². The number of nitrogens with zero attached hydrogens (tertiary/aromatic N) is 4. The van der Waals surface area contributed by atoms with E-state index in [1.54, 1.807) is 6.33 Å². The van der Waals surface area contributed by atoms with Gasteiger partial charge in [0.25, 0.3) is 5.91 Å². The zero-order valence-electron chi connectivity index (χ0n) is 18.8. The number of hydrogen-bond acceptors (Lipinski definition) is 5. The fourth-order valence-corrected chi connectivity index (χ4v) is 5.08. The molecule has 172 valence electrons. The summed E-state index contributed by atoms with van der Waals surface area (Å²) in [5.74, 6) is 0.933. The molecule has 2 atom stereocenters. The Morgan fingerprint density at radius 2 is 1.91 bits per heavy atom. The average molecular weight is 440 g/mol. The van der Waals surface area contributed by atoms with E-state index < -0.39 is 0 Å². The number of ether oxygens (including phenoxy) is 1. The molecular formula is C24H33N5O3. The van der Waals surface area contributed by atoms with E-state index in [9.17, 15) is 9.59 Å². The molecule has 1 N–H and O–H groups in total. The Morgan fingerprint density at radius 3 is 2.69 bits per heavy atom. The van der Waals surface area contributed by atoms with Crippen molar-refractivity contribution in [1.82, 2.24) is 24.7 Å². The van der Waals surface area contributed by atoms with Gasteiger partial charge in [-0.05, 0) is 49.8 Å². The molecule has 2 aliphatic heterocycles. The first-order valence-corrected chi connectivity index (χ1v) is 11.9.